The number of hydrogen-bond acceptors (Lipinski definition) is 4. The van der Waals surface area contributed by atoms with E-state index < -0.39 is 6.04 Å². The van der Waals surface area contributed by atoms with Gasteiger partial charge in [0.2, 0.25) is 5.91 Å². The fourth-order valence-corrected chi connectivity index (χ4v) is 1.76. The van der Waals surface area contributed by atoms with Crippen LogP contribution in [0.5, 0.6) is 5.75 Å². The molecule has 0 fully saturated rings. The van der Waals surface area contributed by atoms with Gasteiger partial charge in [-0.25, -0.2) is 0 Å². The molecule has 0 spiro atoms. The second kappa shape index (κ2) is 8.50. The van der Waals surface area contributed by atoms with Crippen LogP contribution in [0.4, 0.5) is 0 Å². The summed E-state index contributed by atoms with van der Waals surface area (Å²) in [6.45, 7) is 1.18. The molecule has 0 saturated heterocycles. The van der Waals surface area contributed by atoms with Crippen molar-refractivity contribution >= 4 is 5.91 Å². The van der Waals surface area contributed by atoms with Gasteiger partial charge in [-0.15, -0.1) is 0 Å². The van der Waals surface area contributed by atoms with E-state index in [1.165, 1.54) is 0 Å². The SMILES string of the molecule is NCCCC[C@H](N)C(=O)NCCc1ccc(O)cc1. The number of benzene rings is 1. The lowest BCUT2D eigenvalue weighted by Crippen LogP contribution is -2.41. The fourth-order valence-electron chi connectivity index (χ4n) is 1.76. The first-order valence-corrected chi connectivity index (χ1v) is 6.64. The highest BCUT2D eigenvalue weighted by atomic mass is 16.3. The molecule has 0 aliphatic carbocycles. The van der Waals surface area contributed by atoms with Gasteiger partial charge in [-0.05, 0) is 43.5 Å². The first-order chi connectivity index (χ1) is 9.13. The molecule has 0 aliphatic heterocycles. The summed E-state index contributed by atoms with van der Waals surface area (Å²) in [4.78, 5) is 11.7. The molecule has 0 aliphatic rings. The Balaban J connectivity index is 2.21. The number of aromatic hydroxyl groups is 1. The molecule has 5 nitrogen and oxygen atoms in total. The zero-order chi connectivity index (χ0) is 14.1. The van der Waals surface area contributed by atoms with Crippen molar-refractivity contribution in [3.63, 3.8) is 0 Å². The lowest BCUT2D eigenvalue weighted by Gasteiger charge is -2.12. The Morgan fingerprint density at radius 2 is 1.95 bits per heavy atom. The van der Waals surface area contributed by atoms with E-state index in [4.69, 9.17) is 16.6 Å². The molecule has 6 N–H and O–H groups in total. The maximum Gasteiger partial charge on any atom is 0.236 e. The Bertz CT molecular complexity index is 379. The first-order valence-electron chi connectivity index (χ1n) is 6.64. The molecule has 0 radical (unpaired) electrons. The van der Waals surface area contributed by atoms with Gasteiger partial charge in [0.05, 0.1) is 6.04 Å². The molecule has 1 atom stereocenters. The third kappa shape index (κ3) is 6.22. The highest BCUT2D eigenvalue weighted by Gasteiger charge is 2.11. The minimum atomic E-state index is -0.452. The smallest absolute Gasteiger partial charge is 0.236 e. The van der Waals surface area contributed by atoms with Crippen LogP contribution < -0.4 is 16.8 Å². The van der Waals surface area contributed by atoms with Crippen molar-refractivity contribution in [3.05, 3.63) is 29.8 Å². The summed E-state index contributed by atoms with van der Waals surface area (Å²) in [7, 11) is 0. The largest absolute Gasteiger partial charge is 0.508 e. The number of amides is 1. The summed E-state index contributed by atoms with van der Waals surface area (Å²) >= 11 is 0. The zero-order valence-electron chi connectivity index (χ0n) is 11.1. The van der Waals surface area contributed by atoms with Crippen molar-refractivity contribution in [1.29, 1.82) is 0 Å². The molecule has 5 heteroatoms. The topological polar surface area (TPSA) is 101 Å². The molecule has 1 amide bonds. The van der Waals surface area contributed by atoms with Gasteiger partial charge in [0.15, 0.2) is 0 Å². The van der Waals surface area contributed by atoms with E-state index in [-0.39, 0.29) is 11.7 Å². The Morgan fingerprint density at radius 1 is 1.26 bits per heavy atom. The van der Waals surface area contributed by atoms with E-state index in [1.54, 1.807) is 12.1 Å². The third-order valence-electron chi connectivity index (χ3n) is 2.96. The molecular weight excluding hydrogens is 242 g/mol. The highest BCUT2D eigenvalue weighted by Crippen LogP contribution is 2.09. The number of carbonyl (C=O) groups is 1. The summed E-state index contributed by atoms with van der Waals surface area (Å²) in [5.74, 6) is 0.130. The standard InChI is InChI=1S/C14H23N3O2/c15-9-2-1-3-13(16)14(19)17-10-8-11-4-6-12(18)7-5-11/h4-7,13,18H,1-3,8-10,15-16H2,(H,17,19)/t13-/m0/s1. The van der Waals surface area contributed by atoms with Crippen LogP contribution in [0.25, 0.3) is 0 Å². The van der Waals surface area contributed by atoms with Crippen LogP contribution in [0.1, 0.15) is 24.8 Å². The molecule has 1 rings (SSSR count). The lowest BCUT2D eigenvalue weighted by molar-refractivity contribution is -0.122. The van der Waals surface area contributed by atoms with Gasteiger partial charge in [0.25, 0.3) is 0 Å². The van der Waals surface area contributed by atoms with Gasteiger partial charge in [0.1, 0.15) is 5.75 Å². The fraction of sp³-hybridized carbons (Fsp3) is 0.500. The predicted molar refractivity (Wildman–Crippen MR) is 75.7 cm³/mol. The number of phenolic OH excluding ortho intramolecular Hbond substituents is 1. The van der Waals surface area contributed by atoms with Crippen LogP contribution in [-0.2, 0) is 11.2 Å². The molecule has 0 unspecified atom stereocenters. The Hall–Kier alpha value is -1.59. The van der Waals surface area contributed by atoms with Gasteiger partial charge < -0.3 is 21.9 Å². The number of nitrogens with two attached hydrogens (primary N) is 2. The highest BCUT2D eigenvalue weighted by molar-refractivity contribution is 5.81. The Kier molecular flexibility index (Phi) is 6.92. The van der Waals surface area contributed by atoms with Crippen molar-refractivity contribution < 1.29 is 9.90 Å². The van der Waals surface area contributed by atoms with E-state index in [2.05, 4.69) is 5.32 Å². The summed E-state index contributed by atoms with van der Waals surface area (Å²) in [5, 5.41) is 12.0. The Morgan fingerprint density at radius 3 is 2.58 bits per heavy atom. The van der Waals surface area contributed by atoms with Crippen molar-refractivity contribution in [3.8, 4) is 5.75 Å². The predicted octanol–water partition coefficient (Wildman–Crippen LogP) is 0.507. The van der Waals surface area contributed by atoms with Crippen LogP contribution in [0.3, 0.4) is 0 Å². The molecule has 0 heterocycles. The van der Waals surface area contributed by atoms with E-state index in [9.17, 15) is 4.79 Å². The first kappa shape index (κ1) is 15.5. The molecule has 106 valence electrons. The van der Waals surface area contributed by atoms with E-state index in [0.29, 0.717) is 19.5 Å². The normalized spacial score (nSPS) is 12.1. The second-order valence-electron chi connectivity index (χ2n) is 4.60. The number of hydrogen-bond donors (Lipinski definition) is 4. The molecule has 1 aromatic carbocycles. The summed E-state index contributed by atoms with van der Waals surface area (Å²) in [6.07, 6.45) is 3.17. The summed E-state index contributed by atoms with van der Waals surface area (Å²) in [6, 6.07) is 6.49. The van der Waals surface area contributed by atoms with Crippen molar-refractivity contribution in [2.24, 2.45) is 11.5 Å². The summed E-state index contributed by atoms with van der Waals surface area (Å²) < 4.78 is 0. The van der Waals surface area contributed by atoms with Gasteiger partial charge in [-0.2, -0.15) is 0 Å². The molecular formula is C14H23N3O2. The summed E-state index contributed by atoms with van der Waals surface area (Å²) in [5.41, 5.74) is 12.2. The van der Waals surface area contributed by atoms with E-state index in [0.717, 1.165) is 24.8 Å². The quantitative estimate of drug-likeness (QED) is 0.514. The monoisotopic (exact) mass is 265 g/mol. The number of phenols is 1. The molecule has 0 saturated carbocycles. The third-order valence-corrected chi connectivity index (χ3v) is 2.96. The second-order valence-corrected chi connectivity index (χ2v) is 4.60. The van der Waals surface area contributed by atoms with Gasteiger partial charge in [-0.1, -0.05) is 18.6 Å². The number of unbranched alkanes of at least 4 members (excludes halogenated alkanes) is 1. The number of nitrogens with one attached hydrogen (secondary N) is 1. The number of rotatable bonds is 8. The maximum absolute atomic E-state index is 11.7. The molecule has 0 bridgehead atoms. The van der Waals surface area contributed by atoms with Crippen LogP contribution >= 0.6 is 0 Å². The zero-order valence-corrected chi connectivity index (χ0v) is 11.1. The Labute approximate surface area is 114 Å². The molecule has 0 aromatic heterocycles. The van der Waals surface area contributed by atoms with Crippen molar-refractivity contribution in [2.45, 2.75) is 31.7 Å². The average Bonchev–Trinajstić information content (AvgIpc) is 2.41. The van der Waals surface area contributed by atoms with E-state index >= 15 is 0 Å². The van der Waals surface area contributed by atoms with Gasteiger partial charge in [0, 0.05) is 6.54 Å². The van der Waals surface area contributed by atoms with Gasteiger partial charge in [-0.3, -0.25) is 4.79 Å². The van der Waals surface area contributed by atoms with Crippen LogP contribution in [-0.4, -0.2) is 30.1 Å². The van der Waals surface area contributed by atoms with Crippen LogP contribution in [0.2, 0.25) is 0 Å². The number of carbonyl (C=O) groups excluding carboxylic acids is 1. The average molecular weight is 265 g/mol. The lowest BCUT2D eigenvalue weighted by atomic mass is 10.1. The van der Waals surface area contributed by atoms with Crippen molar-refractivity contribution in [1.82, 2.24) is 5.32 Å². The van der Waals surface area contributed by atoms with Crippen LogP contribution in [0, 0.1) is 0 Å². The maximum atomic E-state index is 11.7. The van der Waals surface area contributed by atoms with E-state index in [1.807, 2.05) is 12.1 Å². The minimum Gasteiger partial charge on any atom is -0.508 e. The van der Waals surface area contributed by atoms with Crippen LogP contribution in [0.15, 0.2) is 24.3 Å². The molecule has 1 aromatic rings. The van der Waals surface area contributed by atoms with Crippen molar-refractivity contribution in [2.75, 3.05) is 13.1 Å². The van der Waals surface area contributed by atoms with Gasteiger partial charge >= 0.3 is 0 Å². The molecule has 19 heavy (non-hydrogen) atoms. The minimum absolute atomic E-state index is 0.115.